The number of benzene rings is 4. The molecule has 4 aromatic rings. The standard InChI is InChI=1S/C37H30N2O8/c1-38-35(36(33(42)44-2,28-19-11-5-12-20-28)29-21-13-6-14-22-29)25-46-39(32(35)41)47-34(43)37(30(40)23-24-45-37)31(26-15-7-3-8-16-26)27-17-9-4-10-18-27/h3-22,31H,23-25H2,2H3. The lowest BCUT2D eigenvalue weighted by Gasteiger charge is -2.36. The van der Waals surface area contributed by atoms with Crippen LogP contribution in [0.15, 0.2) is 121 Å². The van der Waals surface area contributed by atoms with E-state index in [0.717, 1.165) is 0 Å². The Bertz CT molecular complexity index is 1750. The number of nitrogens with zero attached hydrogens (tertiary/aromatic N) is 2. The molecule has 2 heterocycles. The largest absolute Gasteiger partial charge is 0.468 e. The van der Waals surface area contributed by atoms with Crippen molar-refractivity contribution in [3.8, 4) is 0 Å². The third-order valence-electron chi connectivity index (χ3n) is 8.84. The van der Waals surface area contributed by atoms with Crippen LogP contribution in [0.1, 0.15) is 34.6 Å². The number of hydroxylamine groups is 2. The highest BCUT2D eigenvalue weighted by molar-refractivity contribution is 6.11. The first kappa shape index (κ1) is 31.4. The van der Waals surface area contributed by atoms with Crippen LogP contribution in [0.4, 0.5) is 0 Å². The second-order valence-corrected chi connectivity index (χ2v) is 11.2. The van der Waals surface area contributed by atoms with Crippen molar-refractivity contribution < 1.29 is 38.3 Å². The molecule has 0 aromatic heterocycles. The van der Waals surface area contributed by atoms with Crippen molar-refractivity contribution in [3.63, 3.8) is 0 Å². The molecule has 2 unspecified atom stereocenters. The van der Waals surface area contributed by atoms with Crippen LogP contribution in [-0.4, -0.2) is 60.3 Å². The summed E-state index contributed by atoms with van der Waals surface area (Å²) in [5, 5.41) is 0.299. The van der Waals surface area contributed by atoms with Crippen LogP contribution in [0, 0.1) is 6.57 Å². The minimum atomic E-state index is -2.32. The summed E-state index contributed by atoms with van der Waals surface area (Å²) in [5.74, 6) is -4.71. The Morgan fingerprint density at radius 2 is 1.32 bits per heavy atom. The second-order valence-electron chi connectivity index (χ2n) is 11.2. The van der Waals surface area contributed by atoms with Gasteiger partial charge in [-0.05, 0) is 27.5 Å². The molecule has 10 heteroatoms. The van der Waals surface area contributed by atoms with Gasteiger partial charge in [0, 0.05) is 6.42 Å². The molecule has 4 aromatic carbocycles. The minimum Gasteiger partial charge on any atom is -0.468 e. The molecule has 6 rings (SSSR count). The Balaban J connectivity index is 1.45. The number of rotatable bonds is 9. The fraction of sp³-hybridized carbons (Fsp3) is 0.216. The fourth-order valence-corrected chi connectivity index (χ4v) is 6.70. The zero-order valence-electron chi connectivity index (χ0n) is 25.4. The van der Waals surface area contributed by atoms with E-state index in [2.05, 4.69) is 4.85 Å². The highest BCUT2D eigenvalue weighted by atomic mass is 17.0. The molecule has 10 nitrogen and oxygen atoms in total. The summed E-state index contributed by atoms with van der Waals surface area (Å²) in [7, 11) is 1.17. The molecule has 2 saturated heterocycles. The lowest BCUT2D eigenvalue weighted by Crippen LogP contribution is -2.61. The quantitative estimate of drug-likeness (QED) is 0.150. The third-order valence-corrected chi connectivity index (χ3v) is 8.84. The van der Waals surface area contributed by atoms with E-state index in [0.29, 0.717) is 16.4 Å². The first-order chi connectivity index (χ1) is 22.9. The van der Waals surface area contributed by atoms with E-state index in [-0.39, 0.29) is 24.2 Å². The smallest absolute Gasteiger partial charge is 0.375 e. The minimum absolute atomic E-state index is 0.0572. The van der Waals surface area contributed by atoms with Crippen molar-refractivity contribution in [2.24, 2.45) is 0 Å². The van der Waals surface area contributed by atoms with Crippen LogP contribution >= 0.6 is 0 Å². The fourth-order valence-electron chi connectivity index (χ4n) is 6.70. The zero-order chi connectivity index (χ0) is 33.1. The summed E-state index contributed by atoms with van der Waals surface area (Å²) < 4.78 is 11.3. The number of carbonyl (C=O) groups is 4. The Hall–Kier alpha value is -5.63. The van der Waals surface area contributed by atoms with Gasteiger partial charge in [0.05, 0.1) is 19.6 Å². The predicted molar refractivity (Wildman–Crippen MR) is 167 cm³/mol. The topological polar surface area (TPSA) is 113 Å². The molecule has 1 amide bonds. The van der Waals surface area contributed by atoms with Gasteiger partial charge in [-0.15, -0.1) is 0 Å². The van der Waals surface area contributed by atoms with Crippen LogP contribution in [0.5, 0.6) is 0 Å². The van der Waals surface area contributed by atoms with Crippen molar-refractivity contribution in [2.45, 2.75) is 28.9 Å². The SMILES string of the molecule is [C-]#[N+]C1(C(C(=O)OC)(c2ccccc2)c2ccccc2)CON(OC(=O)C2(C(c3ccccc3)c3ccccc3)OCCC2=O)C1=O. The van der Waals surface area contributed by atoms with Crippen LogP contribution in [0.2, 0.25) is 0 Å². The van der Waals surface area contributed by atoms with E-state index in [1.54, 1.807) is 109 Å². The van der Waals surface area contributed by atoms with Gasteiger partial charge in [-0.1, -0.05) is 121 Å². The molecule has 0 bridgehead atoms. The summed E-state index contributed by atoms with van der Waals surface area (Å²) in [6.07, 6.45) is -0.0699. The van der Waals surface area contributed by atoms with Gasteiger partial charge >= 0.3 is 23.4 Å². The molecule has 236 valence electrons. The molecule has 2 aliphatic rings. The monoisotopic (exact) mass is 630 g/mol. The number of amides is 1. The lowest BCUT2D eigenvalue weighted by atomic mass is 9.61. The van der Waals surface area contributed by atoms with Crippen molar-refractivity contribution in [1.29, 1.82) is 0 Å². The van der Waals surface area contributed by atoms with Crippen LogP contribution in [-0.2, 0) is 43.7 Å². The molecule has 47 heavy (non-hydrogen) atoms. The highest BCUT2D eigenvalue weighted by Crippen LogP contribution is 2.50. The van der Waals surface area contributed by atoms with E-state index in [4.69, 9.17) is 25.7 Å². The normalized spacial score (nSPS) is 21.0. The van der Waals surface area contributed by atoms with Gasteiger partial charge < -0.3 is 14.3 Å². The van der Waals surface area contributed by atoms with Gasteiger partial charge in [-0.25, -0.2) is 16.2 Å². The van der Waals surface area contributed by atoms with Gasteiger partial charge in [-0.2, -0.15) is 0 Å². The maximum atomic E-state index is 14.5. The second kappa shape index (κ2) is 12.6. The molecule has 2 fully saturated rings. The Morgan fingerprint density at radius 1 is 0.830 bits per heavy atom. The third kappa shape index (κ3) is 4.79. The summed E-state index contributed by atoms with van der Waals surface area (Å²) in [6.45, 7) is 7.64. The van der Waals surface area contributed by atoms with Gasteiger partial charge in [0.15, 0.2) is 12.4 Å². The molecule has 2 aliphatic heterocycles. The number of methoxy groups -OCH3 is 1. The van der Waals surface area contributed by atoms with Crippen molar-refractivity contribution in [2.75, 3.05) is 20.3 Å². The molecular formula is C37H30N2O8. The average molecular weight is 631 g/mol. The first-order valence-corrected chi connectivity index (χ1v) is 14.9. The number of hydrogen-bond donors (Lipinski definition) is 0. The van der Waals surface area contributed by atoms with Crippen molar-refractivity contribution >= 4 is 23.6 Å². The zero-order valence-corrected chi connectivity index (χ0v) is 25.4. The average Bonchev–Trinajstić information content (AvgIpc) is 3.66. The van der Waals surface area contributed by atoms with E-state index < -0.39 is 52.7 Å². The Labute approximate surface area is 271 Å². The van der Waals surface area contributed by atoms with Crippen LogP contribution in [0.3, 0.4) is 0 Å². The van der Waals surface area contributed by atoms with E-state index in [1.165, 1.54) is 7.11 Å². The van der Waals surface area contributed by atoms with Crippen LogP contribution in [0.25, 0.3) is 4.85 Å². The molecule has 0 spiro atoms. The number of ether oxygens (including phenoxy) is 2. The van der Waals surface area contributed by atoms with Gasteiger partial charge in [0.1, 0.15) is 0 Å². The number of hydrogen-bond acceptors (Lipinski definition) is 8. The lowest BCUT2D eigenvalue weighted by molar-refractivity contribution is -0.309. The maximum Gasteiger partial charge on any atom is 0.375 e. The molecule has 0 radical (unpaired) electrons. The summed E-state index contributed by atoms with van der Waals surface area (Å²) in [6, 6.07) is 34.4. The summed E-state index contributed by atoms with van der Waals surface area (Å²) in [5.41, 5.74) is -4.77. The summed E-state index contributed by atoms with van der Waals surface area (Å²) >= 11 is 0. The highest BCUT2D eigenvalue weighted by Gasteiger charge is 2.76. The molecule has 0 saturated carbocycles. The molecular weight excluding hydrogens is 600 g/mol. The van der Waals surface area contributed by atoms with Crippen molar-refractivity contribution in [3.05, 3.63) is 155 Å². The van der Waals surface area contributed by atoms with Gasteiger partial charge in [0.25, 0.3) is 0 Å². The molecule has 0 N–H and O–H groups in total. The maximum absolute atomic E-state index is 14.5. The number of Topliss-reactive ketones (excluding diaryl/α,β-unsaturated/α-hetero) is 1. The molecule has 2 atom stereocenters. The van der Waals surface area contributed by atoms with E-state index in [9.17, 15) is 19.2 Å². The van der Waals surface area contributed by atoms with Crippen molar-refractivity contribution in [1.82, 2.24) is 5.23 Å². The van der Waals surface area contributed by atoms with Crippen LogP contribution < -0.4 is 0 Å². The first-order valence-electron chi connectivity index (χ1n) is 14.9. The number of carbonyl (C=O) groups excluding carboxylic acids is 4. The number of esters is 1. The summed E-state index contributed by atoms with van der Waals surface area (Å²) in [4.78, 5) is 71.6. The Morgan fingerprint density at radius 3 is 1.74 bits per heavy atom. The van der Waals surface area contributed by atoms with Gasteiger partial charge in [0.2, 0.25) is 11.0 Å². The predicted octanol–water partition coefficient (Wildman–Crippen LogP) is 4.60. The van der Waals surface area contributed by atoms with E-state index >= 15 is 0 Å². The number of ketones is 1. The Kier molecular flexibility index (Phi) is 8.43. The molecule has 0 aliphatic carbocycles. The van der Waals surface area contributed by atoms with E-state index in [1.807, 2.05) is 12.1 Å². The van der Waals surface area contributed by atoms with Gasteiger partial charge in [-0.3, -0.25) is 19.2 Å².